The molecule has 0 atom stereocenters. The Morgan fingerprint density at radius 1 is 1.24 bits per heavy atom. The van der Waals surface area contributed by atoms with Crippen molar-refractivity contribution in [1.82, 2.24) is 4.90 Å². The highest BCUT2D eigenvalue weighted by atomic mass is 16.5. The number of ether oxygens (including phenoxy) is 1. The van der Waals surface area contributed by atoms with Crippen molar-refractivity contribution in [2.75, 3.05) is 13.7 Å². The first-order valence-electron chi connectivity index (χ1n) is 6.66. The SMILES string of the molecule is C/C=C(/C)COC1CC(C)(C)N(C)C(C)(C)C1. The number of piperidine rings is 1. The van der Waals surface area contributed by atoms with Crippen LogP contribution in [0.15, 0.2) is 11.6 Å². The first-order chi connectivity index (χ1) is 7.69. The fourth-order valence-electron chi connectivity index (χ4n) is 2.73. The van der Waals surface area contributed by atoms with Crippen molar-refractivity contribution in [3.8, 4) is 0 Å². The second-order valence-corrected chi connectivity index (χ2v) is 6.66. The summed E-state index contributed by atoms with van der Waals surface area (Å²) < 4.78 is 6.06. The van der Waals surface area contributed by atoms with Crippen LogP contribution in [0, 0.1) is 0 Å². The van der Waals surface area contributed by atoms with Gasteiger partial charge in [-0.3, -0.25) is 4.90 Å². The third-order valence-corrected chi connectivity index (χ3v) is 4.31. The molecule has 0 amide bonds. The monoisotopic (exact) mass is 239 g/mol. The lowest BCUT2D eigenvalue weighted by molar-refractivity contribution is -0.0868. The van der Waals surface area contributed by atoms with E-state index >= 15 is 0 Å². The lowest BCUT2D eigenvalue weighted by Crippen LogP contribution is -2.60. The lowest BCUT2D eigenvalue weighted by atomic mass is 9.79. The van der Waals surface area contributed by atoms with Gasteiger partial charge in [-0.25, -0.2) is 0 Å². The Labute approximate surface area is 107 Å². The highest BCUT2D eigenvalue weighted by Crippen LogP contribution is 2.38. The van der Waals surface area contributed by atoms with E-state index in [-0.39, 0.29) is 11.1 Å². The molecule has 17 heavy (non-hydrogen) atoms. The third kappa shape index (κ3) is 3.56. The van der Waals surface area contributed by atoms with Crippen molar-refractivity contribution < 1.29 is 4.74 Å². The van der Waals surface area contributed by atoms with Crippen LogP contribution in [0.25, 0.3) is 0 Å². The predicted octanol–water partition coefficient (Wildman–Crippen LogP) is 3.62. The van der Waals surface area contributed by atoms with Crippen LogP contribution in [0.5, 0.6) is 0 Å². The normalized spacial score (nSPS) is 26.2. The quantitative estimate of drug-likeness (QED) is 0.697. The van der Waals surface area contributed by atoms with Crippen LogP contribution in [-0.2, 0) is 4.74 Å². The van der Waals surface area contributed by atoms with Gasteiger partial charge in [-0.2, -0.15) is 0 Å². The van der Waals surface area contributed by atoms with Crippen molar-refractivity contribution >= 4 is 0 Å². The molecule has 1 saturated heterocycles. The molecule has 1 aliphatic heterocycles. The minimum absolute atomic E-state index is 0.219. The van der Waals surface area contributed by atoms with Gasteiger partial charge in [0.1, 0.15) is 0 Å². The van der Waals surface area contributed by atoms with Crippen molar-refractivity contribution in [1.29, 1.82) is 0 Å². The van der Waals surface area contributed by atoms with Crippen LogP contribution in [0.4, 0.5) is 0 Å². The standard InChI is InChI=1S/C15H29NO/c1-8-12(2)11-17-13-9-14(3,4)16(7)15(5,6)10-13/h8,13H,9-11H2,1-7H3/b12-8-. The van der Waals surface area contributed by atoms with Gasteiger partial charge in [-0.05, 0) is 61.4 Å². The van der Waals surface area contributed by atoms with E-state index in [2.05, 4.69) is 59.6 Å². The van der Waals surface area contributed by atoms with E-state index in [1.165, 1.54) is 5.57 Å². The molecular formula is C15H29NO. The average Bonchev–Trinajstić information content (AvgIpc) is 2.21. The Morgan fingerprint density at radius 3 is 2.12 bits per heavy atom. The minimum Gasteiger partial charge on any atom is -0.374 e. The molecule has 0 aliphatic carbocycles. The van der Waals surface area contributed by atoms with Gasteiger partial charge >= 0.3 is 0 Å². The van der Waals surface area contributed by atoms with Gasteiger partial charge in [0.25, 0.3) is 0 Å². The van der Waals surface area contributed by atoms with Gasteiger partial charge in [0.2, 0.25) is 0 Å². The fourth-order valence-corrected chi connectivity index (χ4v) is 2.73. The Balaban J connectivity index is 2.65. The average molecular weight is 239 g/mol. The summed E-state index contributed by atoms with van der Waals surface area (Å²) in [6, 6.07) is 0. The van der Waals surface area contributed by atoms with Gasteiger partial charge in [-0.1, -0.05) is 11.6 Å². The molecule has 0 aromatic rings. The summed E-state index contributed by atoms with van der Waals surface area (Å²) >= 11 is 0. The molecule has 100 valence electrons. The third-order valence-electron chi connectivity index (χ3n) is 4.31. The van der Waals surface area contributed by atoms with Crippen LogP contribution in [0.2, 0.25) is 0 Å². The Bertz CT molecular complexity index is 273. The van der Waals surface area contributed by atoms with Crippen molar-refractivity contribution in [3.63, 3.8) is 0 Å². The van der Waals surface area contributed by atoms with E-state index < -0.39 is 0 Å². The Kier molecular flexibility index (Phi) is 4.43. The number of hydrogen-bond acceptors (Lipinski definition) is 2. The number of nitrogens with zero attached hydrogens (tertiary/aromatic N) is 1. The van der Waals surface area contributed by atoms with Crippen molar-refractivity contribution in [2.45, 2.75) is 71.6 Å². The molecule has 2 nitrogen and oxygen atoms in total. The predicted molar refractivity (Wildman–Crippen MR) is 74.3 cm³/mol. The zero-order chi connectivity index (χ0) is 13.3. The molecule has 1 rings (SSSR count). The summed E-state index contributed by atoms with van der Waals surface area (Å²) in [4.78, 5) is 2.49. The maximum atomic E-state index is 6.06. The Morgan fingerprint density at radius 2 is 1.71 bits per heavy atom. The molecule has 0 aromatic heterocycles. The highest BCUT2D eigenvalue weighted by molar-refractivity contribution is 5.00. The summed E-state index contributed by atoms with van der Waals surface area (Å²) in [7, 11) is 2.23. The second-order valence-electron chi connectivity index (χ2n) is 6.66. The maximum Gasteiger partial charge on any atom is 0.0677 e. The van der Waals surface area contributed by atoms with Gasteiger partial charge in [0.05, 0.1) is 12.7 Å². The smallest absolute Gasteiger partial charge is 0.0677 e. The van der Waals surface area contributed by atoms with Gasteiger partial charge in [0, 0.05) is 11.1 Å². The van der Waals surface area contributed by atoms with E-state index in [9.17, 15) is 0 Å². The molecule has 0 unspecified atom stereocenters. The molecule has 2 heteroatoms. The highest BCUT2D eigenvalue weighted by Gasteiger charge is 2.43. The van der Waals surface area contributed by atoms with Crippen LogP contribution in [-0.4, -0.2) is 35.7 Å². The number of likely N-dealkylation sites (tertiary alicyclic amines) is 1. The fraction of sp³-hybridized carbons (Fsp3) is 0.867. The van der Waals surface area contributed by atoms with E-state index in [4.69, 9.17) is 4.74 Å². The summed E-state index contributed by atoms with van der Waals surface area (Å²) in [5, 5.41) is 0. The summed E-state index contributed by atoms with van der Waals surface area (Å²) in [6.07, 6.45) is 4.74. The van der Waals surface area contributed by atoms with E-state index in [1.54, 1.807) is 0 Å². The van der Waals surface area contributed by atoms with E-state index in [0.717, 1.165) is 19.4 Å². The maximum absolute atomic E-state index is 6.06. The number of allylic oxidation sites excluding steroid dienone is 1. The number of rotatable bonds is 3. The first-order valence-corrected chi connectivity index (χ1v) is 6.66. The molecule has 0 aromatic carbocycles. The van der Waals surface area contributed by atoms with Gasteiger partial charge in [0.15, 0.2) is 0 Å². The van der Waals surface area contributed by atoms with Crippen LogP contribution in [0.3, 0.4) is 0 Å². The lowest BCUT2D eigenvalue weighted by Gasteiger charge is -2.53. The largest absolute Gasteiger partial charge is 0.374 e. The molecule has 0 radical (unpaired) electrons. The van der Waals surface area contributed by atoms with Gasteiger partial charge in [-0.15, -0.1) is 0 Å². The first kappa shape index (κ1) is 14.7. The molecule has 0 spiro atoms. The summed E-state index contributed by atoms with van der Waals surface area (Å²) in [6.45, 7) is 14.2. The summed E-state index contributed by atoms with van der Waals surface area (Å²) in [5.41, 5.74) is 1.76. The molecule has 1 fully saturated rings. The van der Waals surface area contributed by atoms with Crippen LogP contribution >= 0.6 is 0 Å². The van der Waals surface area contributed by atoms with Crippen LogP contribution in [0.1, 0.15) is 54.4 Å². The summed E-state index contributed by atoms with van der Waals surface area (Å²) in [5.74, 6) is 0. The van der Waals surface area contributed by atoms with Crippen LogP contribution < -0.4 is 0 Å². The topological polar surface area (TPSA) is 12.5 Å². The zero-order valence-electron chi connectivity index (χ0n) is 12.6. The van der Waals surface area contributed by atoms with E-state index in [1.807, 2.05) is 0 Å². The number of hydrogen-bond donors (Lipinski definition) is 0. The molecule has 1 heterocycles. The minimum atomic E-state index is 0.219. The van der Waals surface area contributed by atoms with E-state index in [0.29, 0.717) is 6.10 Å². The Hall–Kier alpha value is -0.340. The molecule has 0 N–H and O–H groups in total. The zero-order valence-corrected chi connectivity index (χ0v) is 12.6. The van der Waals surface area contributed by atoms with Gasteiger partial charge < -0.3 is 4.74 Å². The molecular weight excluding hydrogens is 210 g/mol. The molecule has 0 saturated carbocycles. The second kappa shape index (κ2) is 5.11. The van der Waals surface area contributed by atoms with Crippen molar-refractivity contribution in [3.05, 3.63) is 11.6 Å². The van der Waals surface area contributed by atoms with Crippen molar-refractivity contribution in [2.24, 2.45) is 0 Å². The molecule has 1 aliphatic rings. The molecule has 0 bridgehead atoms.